The number of aliphatic imine (C=N–C) groups is 2. The largest absolute Gasteiger partial charge is 0.374 e. The molecule has 1 aliphatic carbocycles. The lowest BCUT2D eigenvalue weighted by atomic mass is 9.81. The molecule has 2 atom stereocenters. The van der Waals surface area contributed by atoms with E-state index in [0.717, 1.165) is 52.1 Å². The summed E-state index contributed by atoms with van der Waals surface area (Å²) in [5.41, 5.74) is 12.0. The van der Waals surface area contributed by atoms with Gasteiger partial charge < -0.3 is 10.6 Å². The third-order valence-electron chi connectivity index (χ3n) is 11.6. The van der Waals surface area contributed by atoms with Crippen LogP contribution in [0.3, 0.4) is 0 Å². The zero-order chi connectivity index (χ0) is 37.0. The van der Waals surface area contributed by atoms with Crippen molar-refractivity contribution in [1.29, 1.82) is 0 Å². The molecular formula is C52H38N4. The molecule has 0 bridgehead atoms. The normalized spacial score (nSPS) is 17.3. The zero-order valence-electron chi connectivity index (χ0n) is 30.8. The molecule has 3 aliphatic rings. The van der Waals surface area contributed by atoms with Gasteiger partial charge in [-0.1, -0.05) is 176 Å². The maximum atomic E-state index is 5.32. The van der Waals surface area contributed by atoms with Crippen LogP contribution in [-0.4, -0.2) is 17.8 Å². The van der Waals surface area contributed by atoms with Gasteiger partial charge in [0.25, 0.3) is 0 Å². The Balaban J connectivity index is 1.15. The highest BCUT2D eigenvalue weighted by atomic mass is 15.2. The third-order valence-corrected chi connectivity index (χ3v) is 11.6. The van der Waals surface area contributed by atoms with Crippen LogP contribution in [0.5, 0.6) is 0 Å². The molecule has 4 heteroatoms. The fraction of sp³-hybridized carbons (Fsp3) is 0.0769. The van der Waals surface area contributed by atoms with Crippen molar-refractivity contribution >= 4 is 49.7 Å². The van der Waals surface area contributed by atoms with Gasteiger partial charge >= 0.3 is 0 Å². The van der Waals surface area contributed by atoms with Crippen LogP contribution in [-0.2, 0) is 0 Å². The summed E-state index contributed by atoms with van der Waals surface area (Å²) in [4.78, 5) is 10.5. The molecule has 0 amide bonds. The van der Waals surface area contributed by atoms with Gasteiger partial charge in [-0.05, 0) is 84.6 Å². The molecule has 4 nitrogen and oxygen atoms in total. The summed E-state index contributed by atoms with van der Waals surface area (Å²) < 4.78 is 0. The van der Waals surface area contributed by atoms with Crippen molar-refractivity contribution in [2.75, 3.05) is 5.32 Å². The molecule has 11 rings (SSSR count). The number of para-hydroxylation sites is 1. The van der Waals surface area contributed by atoms with E-state index in [2.05, 4.69) is 187 Å². The number of nitrogens with one attached hydrogen (secondary N) is 2. The Labute approximate surface area is 326 Å². The molecule has 266 valence electrons. The summed E-state index contributed by atoms with van der Waals surface area (Å²) in [6, 6.07) is 59.2. The standard InChI is InChI=1S/C52H38N4/c1-4-17-33(18-5-1)49-44-32-31-36-37(28-16-29-38(36)47(44)43-27-14-15-30-45(43)53-49)46-39-23-10-12-25-41(39)48(42-26-13-11-24-40(42)46)52-55-50(34-19-6-2-7-20-34)54-51(56-52)35-21-8-3-9-22-35/h1-2,4-8,10-32,49,51,53H,3,9H2,(H,54,55,56). The fourth-order valence-electron chi connectivity index (χ4n) is 9.08. The van der Waals surface area contributed by atoms with E-state index in [0.29, 0.717) is 0 Å². The highest BCUT2D eigenvalue weighted by molar-refractivity contribution is 6.29. The van der Waals surface area contributed by atoms with Crippen molar-refractivity contribution in [2.45, 2.75) is 25.0 Å². The minimum absolute atomic E-state index is 0.0480. The van der Waals surface area contributed by atoms with Gasteiger partial charge in [-0.2, -0.15) is 0 Å². The van der Waals surface area contributed by atoms with Crippen LogP contribution in [0, 0.1) is 0 Å². The Morgan fingerprint density at radius 2 is 1.11 bits per heavy atom. The van der Waals surface area contributed by atoms with E-state index in [9.17, 15) is 0 Å². The Morgan fingerprint density at radius 3 is 1.84 bits per heavy atom. The molecule has 0 aromatic heterocycles. The first-order valence-corrected chi connectivity index (χ1v) is 19.6. The second-order valence-corrected chi connectivity index (χ2v) is 14.8. The lowest BCUT2D eigenvalue weighted by molar-refractivity contribution is 0.722. The number of fused-ring (bicyclic) bond motifs is 7. The predicted octanol–water partition coefficient (Wildman–Crippen LogP) is 12.4. The number of amidine groups is 2. The highest BCUT2D eigenvalue weighted by Gasteiger charge is 2.29. The van der Waals surface area contributed by atoms with E-state index in [1.807, 2.05) is 6.07 Å². The smallest absolute Gasteiger partial charge is 0.159 e. The molecule has 8 aromatic rings. The Kier molecular flexibility index (Phi) is 7.73. The molecule has 2 aliphatic heterocycles. The molecule has 0 fully saturated rings. The molecule has 2 N–H and O–H groups in total. The molecule has 0 saturated heterocycles. The van der Waals surface area contributed by atoms with Crippen molar-refractivity contribution in [3.63, 3.8) is 0 Å². The van der Waals surface area contributed by atoms with E-state index >= 15 is 0 Å². The van der Waals surface area contributed by atoms with Crippen LogP contribution in [0.25, 0.3) is 54.6 Å². The number of hydrogen-bond acceptors (Lipinski definition) is 4. The zero-order valence-corrected chi connectivity index (χ0v) is 30.8. The Bertz CT molecular complexity index is 2920. The van der Waals surface area contributed by atoms with Crippen LogP contribution in [0.2, 0.25) is 0 Å². The fourth-order valence-corrected chi connectivity index (χ4v) is 9.08. The van der Waals surface area contributed by atoms with E-state index in [1.54, 1.807) is 0 Å². The second-order valence-electron chi connectivity index (χ2n) is 14.8. The van der Waals surface area contributed by atoms with E-state index < -0.39 is 0 Å². The molecular weight excluding hydrogens is 681 g/mol. The monoisotopic (exact) mass is 718 g/mol. The average molecular weight is 719 g/mol. The first-order chi connectivity index (χ1) is 27.8. The molecule has 0 spiro atoms. The van der Waals surface area contributed by atoms with Crippen LogP contribution in [0.1, 0.15) is 41.1 Å². The van der Waals surface area contributed by atoms with Gasteiger partial charge in [0.05, 0.1) is 6.04 Å². The number of nitrogens with zero attached hydrogens (tertiary/aromatic N) is 2. The SMILES string of the molecule is C1=CC(C2N=C(c3ccccc3)N=C(c3c4ccccc4c(-c4cccc5c6c(ccc45)C(c4ccccc4)Nc4ccccc4-6)c4ccccc34)N2)=CCC1. The van der Waals surface area contributed by atoms with E-state index in [-0.39, 0.29) is 12.2 Å². The maximum absolute atomic E-state index is 5.32. The van der Waals surface area contributed by atoms with Gasteiger partial charge in [-0.3, -0.25) is 0 Å². The second kappa shape index (κ2) is 13.4. The van der Waals surface area contributed by atoms with Crippen LogP contribution >= 0.6 is 0 Å². The van der Waals surface area contributed by atoms with Crippen LogP contribution < -0.4 is 10.6 Å². The predicted molar refractivity (Wildman–Crippen MR) is 235 cm³/mol. The summed E-state index contributed by atoms with van der Waals surface area (Å²) in [5, 5.41) is 14.9. The van der Waals surface area contributed by atoms with Crippen molar-refractivity contribution in [1.82, 2.24) is 5.32 Å². The summed E-state index contributed by atoms with van der Waals surface area (Å²) in [6.07, 6.45) is 8.59. The van der Waals surface area contributed by atoms with Gasteiger partial charge in [0, 0.05) is 22.4 Å². The highest BCUT2D eigenvalue weighted by Crippen LogP contribution is 2.49. The van der Waals surface area contributed by atoms with Crippen LogP contribution in [0.15, 0.2) is 198 Å². The maximum Gasteiger partial charge on any atom is 0.159 e. The average Bonchev–Trinajstić information content (AvgIpc) is 3.28. The number of benzene rings is 8. The van der Waals surface area contributed by atoms with Gasteiger partial charge in [-0.25, -0.2) is 9.98 Å². The molecule has 2 heterocycles. The van der Waals surface area contributed by atoms with Crippen molar-refractivity contribution in [2.24, 2.45) is 9.98 Å². The number of rotatable bonds is 5. The minimum Gasteiger partial charge on any atom is -0.374 e. The Hall–Kier alpha value is -7.04. The first-order valence-electron chi connectivity index (χ1n) is 19.6. The van der Waals surface area contributed by atoms with Crippen molar-refractivity contribution in [3.05, 3.63) is 210 Å². The molecule has 0 radical (unpaired) electrons. The lowest BCUT2D eigenvalue weighted by Crippen LogP contribution is -2.40. The van der Waals surface area contributed by atoms with E-state index in [4.69, 9.17) is 9.98 Å². The number of anilines is 1. The number of allylic oxidation sites excluding steroid dienone is 2. The number of hydrogen-bond donors (Lipinski definition) is 2. The molecule has 8 aromatic carbocycles. The topological polar surface area (TPSA) is 48.8 Å². The minimum atomic E-state index is -0.243. The molecule has 56 heavy (non-hydrogen) atoms. The summed E-state index contributed by atoms with van der Waals surface area (Å²) in [6.45, 7) is 0. The third kappa shape index (κ3) is 5.29. The Morgan fingerprint density at radius 1 is 0.482 bits per heavy atom. The lowest BCUT2D eigenvalue weighted by Gasteiger charge is -2.31. The summed E-state index contributed by atoms with van der Waals surface area (Å²) >= 11 is 0. The van der Waals surface area contributed by atoms with Crippen molar-refractivity contribution < 1.29 is 0 Å². The summed E-state index contributed by atoms with van der Waals surface area (Å²) in [5.74, 6) is 1.58. The van der Waals surface area contributed by atoms with Gasteiger partial charge in [-0.15, -0.1) is 0 Å². The van der Waals surface area contributed by atoms with Crippen molar-refractivity contribution in [3.8, 4) is 22.3 Å². The van der Waals surface area contributed by atoms with Crippen LogP contribution in [0.4, 0.5) is 5.69 Å². The molecule has 2 unspecified atom stereocenters. The van der Waals surface area contributed by atoms with E-state index in [1.165, 1.54) is 60.5 Å². The van der Waals surface area contributed by atoms with Gasteiger partial charge in [0.2, 0.25) is 0 Å². The first kappa shape index (κ1) is 32.4. The summed E-state index contributed by atoms with van der Waals surface area (Å²) in [7, 11) is 0. The van der Waals surface area contributed by atoms with Gasteiger partial charge in [0.15, 0.2) is 5.84 Å². The quantitative estimate of drug-likeness (QED) is 0.174. The molecule has 0 saturated carbocycles. The van der Waals surface area contributed by atoms with Gasteiger partial charge in [0.1, 0.15) is 12.0 Å².